The van der Waals surface area contributed by atoms with Crippen molar-refractivity contribution in [3.63, 3.8) is 0 Å². The molecular weight excluding hydrogens is 298 g/mol. The van der Waals surface area contributed by atoms with Gasteiger partial charge in [-0.3, -0.25) is 0 Å². The Kier molecular flexibility index (Phi) is 7.17. The first-order chi connectivity index (χ1) is 8.20. The van der Waals surface area contributed by atoms with E-state index in [0.717, 1.165) is 15.9 Å². The van der Waals surface area contributed by atoms with Gasteiger partial charge < -0.3 is 5.32 Å². The third kappa shape index (κ3) is 4.61. The fraction of sp³-hybridized carbons (Fsp3) is 0.571. The van der Waals surface area contributed by atoms with Gasteiger partial charge in [-0.25, -0.2) is 0 Å². The summed E-state index contributed by atoms with van der Waals surface area (Å²) in [5.74, 6) is 0. The van der Waals surface area contributed by atoms with Crippen LogP contribution in [0.1, 0.15) is 50.6 Å². The van der Waals surface area contributed by atoms with Crippen LogP contribution in [0, 0.1) is 0 Å². The van der Waals surface area contributed by atoms with E-state index < -0.39 is 0 Å². The van der Waals surface area contributed by atoms with Gasteiger partial charge in [-0.05, 0) is 41.0 Å². The molecular formula is C14H21BrClN. The summed E-state index contributed by atoms with van der Waals surface area (Å²) in [6, 6.07) is 6.49. The Morgan fingerprint density at radius 3 is 2.71 bits per heavy atom. The molecule has 0 aromatic heterocycles. The summed E-state index contributed by atoms with van der Waals surface area (Å²) in [4.78, 5) is 0. The standard InChI is InChI=1S/C14H21BrClN/c1-3-4-5-6-10-13(17-2)11-8-7-9-12(15)14(11)16/h7-9,13,17H,3-6,10H2,1-2H3. The molecule has 0 amide bonds. The molecule has 1 aromatic rings. The maximum Gasteiger partial charge on any atom is 0.0595 e. The predicted octanol–water partition coefficient (Wildman–Crippen LogP) is 5.33. The monoisotopic (exact) mass is 317 g/mol. The number of halogens is 2. The molecule has 1 rings (SSSR count). The fourth-order valence-electron chi connectivity index (χ4n) is 2.02. The summed E-state index contributed by atoms with van der Waals surface area (Å²) in [6.45, 7) is 2.24. The molecule has 0 spiro atoms. The molecule has 1 N–H and O–H groups in total. The van der Waals surface area contributed by atoms with Crippen molar-refractivity contribution in [2.24, 2.45) is 0 Å². The van der Waals surface area contributed by atoms with Gasteiger partial charge >= 0.3 is 0 Å². The zero-order valence-electron chi connectivity index (χ0n) is 10.6. The lowest BCUT2D eigenvalue weighted by atomic mass is 10.00. The first-order valence-corrected chi connectivity index (χ1v) is 7.49. The molecule has 0 bridgehead atoms. The molecule has 1 atom stereocenters. The number of hydrogen-bond acceptors (Lipinski definition) is 1. The maximum absolute atomic E-state index is 6.32. The summed E-state index contributed by atoms with van der Waals surface area (Å²) < 4.78 is 0.977. The van der Waals surface area contributed by atoms with Gasteiger partial charge in [0.1, 0.15) is 0 Å². The topological polar surface area (TPSA) is 12.0 Å². The second-order valence-corrected chi connectivity index (χ2v) is 5.57. The molecule has 1 unspecified atom stereocenters. The van der Waals surface area contributed by atoms with Crippen LogP contribution in [0.2, 0.25) is 5.02 Å². The molecule has 17 heavy (non-hydrogen) atoms. The Hall–Kier alpha value is -0.0500. The summed E-state index contributed by atoms with van der Waals surface area (Å²) in [6.07, 6.45) is 6.31. The van der Waals surface area contributed by atoms with Crippen LogP contribution in [-0.2, 0) is 0 Å². The van der Waals surface area contributed by atoms with E-state index in [1.54, 1.807) is 0 Å². The van der Waals surface area contributed by atoms with E-state index in [0.29, 0.717) is 6.04 Å². The minimum absolute atomic E-state index is 0.358. The normalized spacial score (nSPS) is 12.7. The largest absolute Gasteiger partial charge is 0.313 e. The lowest BCUT2D eigenvalue weighted by molar-refractivity contribution is 0.505. The molecule has 1 aromatic carbocycles. The Bertz CT molecular complexity index is 341. The molecule has 0 saturated heterocycles. The van der Waals surface area contributed by atoms with Crippen molar-refractivity contribution in [2.45, 2.75) is 45.1 Å². The number of nitrogens with one attached hydrogen (secondary N) is 1. The molecule has 0 aliphatic heterocycles. The van der Waals surface area contributed by atoms with E-state index in [4.69, 9.17) is 11.6 Å². The summed E-state index contributed by atoms with van der Waals surface area (Å²) in [7, 11) is 2.00. The average Bonchev–Trinajstić information content (AvgIpc) is 2.34. The van der Waals surface area contributed by atoms with Gasteiger partial charge in [0, 0.05) is 10.5 Å². The number of unbranched alkanes of at least 4 members (excludes halogenated alkanes) is 3. The lowest BCUT2D eigenvalue weighted by Crippen LogP contribution is -2.16. The minimum Gasteiger partial charge on any atom is -0.313 e. The molecule has 0 radical (unpaired) electrons. The first-order valence-electron chi connectivity index (χ1n) is 6.31. The highest BCUT2D eigenvalue weighted by molar-refractivity contribution is 9.10. The molecule has 0 fully saturated rings. The van der Waals surface area contributed by atoms with Gasteiger partial charge in [0.15, 0.2) is 0 Å². The third-order valence-electron chi connectivity index (χ3n) is 3.05. The zero-order valence-corrected chi connectivity index (χ0v) is 12.9. The Balaban J connectivity index is 2.63. The number of benzene rings is 1. The molecule has 96 valence electrons. The fourth-order valence-corrected chi connectivity index (χ4v) is 2.66. The van der Waals surface area contributed by atoms with Crippen LogP contribution in [0.4, 0.5) is 0 Å². The van der Waals surface area contributed by atoms with E-state index in [-0.39, 0.29) is 0 Å². The molecule has 0 aliphatic rings. The van der Waals surface area contributed by atoms with Crippen molar-refractivity contribution in [2.75, 3.05) is 7.05 Å². The van der Waals surface area contributed by atoms with Crippen molar-refractivity contribution in [1.29, 1.82) is 0 Å². The molecule has 0 aliphatic carbocycles. The molecule has 0 saturated carbocycles. The van der Waals surface area contributed by atoms with Gasteiger partial charge in [-0.15, -0.1) is 0 Å². The van der Waals surface area contributed by atoms with Gasteiger partial charge in [0.25, 0.3) is 0 Å². The quantitative estimate of drug-likeness (QED) is 0.670. The third-order valence-corrected chi connectivity index (χ3v) is 4.36. The van der Waals surface area contributed by atoms with Crippen molar-refractivity contribution in [3.05, 3.63) is 33.3 Å². The van der Waals surface area contributed by atoms with E-state index >= 15 is 0 Å². The van der Waals surface area contributed by atoms with Crippen LogP contribution in [0.5, 0.6) is 0 Å². The number of hydrogen-bond donors (Lipinski definition) is 1. The van der Waals surface area contributed by atoms with Gasteiger partial charge in [-0.2, -0.15) is 0 Å². The summed E-state index contributed by atoms with van der Waals surface area (Å²) in [5, 5.41) is 4.19. The van der Waals surface area contributed by atoms with Crippen LogP contribution >= 0.6 is 27.5 Å². The number of rotatable bonds is 7. The second-order valence-electron chi connectivity index (χ2n) is 4.33. The molecule has 3 heteroatoms. The van der Waals surface area contributed by atoms with Gasteiger partial charge in [-0.1, -0.05) is 56.3 Å². The van der Waals surface area contributed by atoms with Crippen LogP contribution in [0.25, 0.3) is 0 Å². The molecule has 0 heterocycles. The van der Waals surface area contributed by atoms with Crippen molar-refractivity contribution in [1.82, 2.24) is 5.32 Å². The molecule has 1 nitrogen and oxygen atoms in total. The summed E-state index contributed by atoms with van der Waals surface area (Å²) >= 11 is 9.80. The van der Waals surface area contributed by atoms with E-state index in [1.165, 1.54) is 31.2 Å². The predicted molar refractivity (Wildman–Crippen MR) is 79.7 cm³/mol. The van der Waals surface area contributed by atoms with E-state index in [1.807, 2.05) is 19.2 Å². The van der Waals surface area contributed by atoms with Gasteiger partial charge in [0.05, 0.1) is 5.02 Å². The Labute approximate surface area is 118 Å². The van der Waals surface area contributed by atoms with Crippen LogP contribution in [-0.4, -0.2) is 7.05 Å². The highest BCUT2D eigenvalue weighted by Gasteiger charge is 2.13. The van der Waals surface area contributed by atoms with Crippen LogP contribution < -0.4 is 5.32 Å². The van der Waals surface area contributed by atoms with E-state index in [9.17, 15) is 0 Å². The van der Waals surface area contributed by atoms with Crippen molar-refractivity contribution in [3.8, 4) is 0 Å². The first kappa shape index (κ1) is 15.0. The zero-order chi connectivity index (χ0) is 12.7. The van der Waals surface area contributed by atoms with E-state index in [2.05, 4.69) is 34.2 Å². The van der Waals surface area contributed by atoms with Crippen LogP contribution in [0.3, 0.4) is 0 Å². The Morgan fingerprint density at radius 1 is 1.29 bits per heavy atom. The Morgan fingerprint density at radius 2 is 2.06 bits per heavy atom. The lowest BCUT2D eigenvalue weighted by Gasteiger charge is -2.18. The minimum atomic E-state index is 0.358. The second kappa shape index (κ2) is 8.12. The SMILES string of the molecule is CCCCCCC(NC)c1cccc(Br)c1Cl. The highest BCUT2D eigenvalue weighted by Crippen LogP contribution is 2.32. The van der Waals surface area contributed by atoms with Crippen molar-refractivity contribution >= 4 is 27.5 Å². The highest BCUT2D eigenvalue weighted by atomic mass is 79.9. The maximum atomic E-state index is 6.32. The van der Waals surface area contributed by atoms with Crippen LogP contribution in [0.15, 0.2) is 22.7 Å². The smallest absolute Gasteiger partial charge is 0.0595 e. The summed E-state index contributed by atoms with van der Waals surface area (Å²) in [5.41, 5.74) is 1.19. The van der Waals surface area contributed by atoms with Crippen molar-refractivity contribution < 1.29 is 0 Å². The average molecular weight is 319 g/mol. The van der Waals surface area contributed by atoms with Gasteiger partial charge in [0.2, 0.25) is 0 Å².